The summed E-state index contributed by atoms with van der Waals surface area (Å²) in [4.78, 5) is 27.4. The number of carbonyl (C=O) groups is 1. The molecule has 0 atom stereocenters. The van der Waals surface area contributed by atoms with E-state index in [2.05, 4.69) is 5.32 Å². The Hall–Kier alpha value is -3.80. The van der Waals surface area contributed by atoms with Crippen molar-refractivity contribution in [2.75, 3.05) is 7.11 Å². The number of benzene rings is 2. The number of para-hydroxylation sites is 1. The first-order chi connectivity index (χ1) is 17.2. The number of nitrogens with one attached hydrogen (secondary N) is 1. The summed E-state index contributed by atoms with van der Waals surface area (Å²) in [6.07, 6.45) is 8.41. The summed E-state index contributed by atoms with van der Waals surface area (Å²) in [5.74, 6) is 0.480. The summed E-state index contributed by atoms with van der Waals surface area (Å²) in [7, 11) is 1.61. The van der Waals surface area contributed by atoms with Crippen molar-refractivity contribution in [3.8, 4) is 17.0 Å². The smallest absolute Gasteiger partial charge is 0.275 e. The highest BCUT2D eigenvalue weighted by Crippen LogP contribution is 2.24. The van der Waals surface area contributed by atoms with Crippen LogP contribution in [0.2, 0.25) is 0 Å². The minimum Gasteiger partial charge on any atom is -0.496 e. The zero-order valence-corrected chi connectivity index (χ0v) is 20.1. The standard InChI is InChI=1S/C29H31N3O3/c1-35-27-16-10-9-13-22(27)19-32-26(28(33)30-23-14-7-2-3-8-15-23)20-31-24(17-18-25(31)29(32)34)21-11-5-4-6-12-21/h4-6,9-13,16-18,20,23H,2-3,7-8,14-15,19H2,1H3,(H,30,33). The maximum Gasteiger partial charge on any atom is 0.275 e. The Labute approximate surface area is 205 Å². The van der Waals surface area contributed by atoms with Gasteiger partial charge in [-0.1, -0.05) is 74.2 Å². The van der Waals surface area contributed by atoms with Gasteiger partial charge in [-0.15, -0.1) is 0 Å². The summed E-state index contributed by atoms with van der Waals surface area (Å²) in [5.41, 5.74) is 3.40. The van der Waals surface area contributed by atoms with Crippen LogP contribution in [0.5, 0.6) is 5.75 Å². The van der Waals surface area contributed by atoms with Crippen LogP contribution in [0.15, 0.2) is 77.7 Å². The summed E-state index contributed by atoms with van der Waals surface area (Å²) in [6, 6.07) is 21.4. The van der Waals surface area contributed by atoms with Gasteiger partial charge in [0.25, 0.3) is 11.5 Å². The fraction of sp³-hybridized carbons (Fsp3) is 0.310. The summed E-state index contributed by atoms with van der Waals surface area (Å²) in [6.45, 7) is 0.249. The molecule has 2 heterocycles. The molecule has 0 bridgehead atoms. The van der Waals surface area contributed by atoms with Crippen LogP contribution in [0.1, 0.15) is 54.6 Å². The van der Waals surface area contributed by atoms with Crippen LogP contribution in [0.4, 0.5) is 0 Å². The highest BCUT2D eigenvalue weighted by Gasteiger charge is 2.22. The largest absolute Gasteiger partial charge is 0.496 e. The molecule has 1 fully saturated rings. The van der Waals surface area contributed by atoms with Crippen LogP contribution in [0, 0.1) is 0 Å². The number of rotatable bonds is 6. The van der Waals surface area contributed by atoms with Crippen LogP contribution in [-0.2, 0) is 6.54 Å². The number of ether oxygens (including phenoxy) is 1. The number of aromatic nitrogens is 2. The van der Waals surface area contributed by atoms with E-state index in [1.807, 2.05) is 71.1 Å². The van der Waals surface area contributed by atoms with Gasteiger partial charge in [0.15, 0.2) is 0 Å². The van der Waals surface area contributed by atoms with Gasteiger partial charge in [-0.05, 0) is 36.6 Å². The van der Waals surface area contributed by atoms with Gasteiger partial charge < -0.3 is 14.5 Å². The Morgan fingerprint density at radius 1 is 0.943 bits per heavy atom. The average Bonchev–Trinajstić information content (AvgIpc) is 3.15. The third-order valence-electron chi connectivity index (χ3n) is 6.94. The van der Waals surface area contributed by atoms with Crippen LogP contribution in [-0.4, -0.2) is 28.0 Å². The van der Waals surface area contributed by atoms with E-state index >= 15 is 0 Å². The number of fused-ring (bicyclic) bond motifs is 1. The van der Waals surface area contributed by atoms with Crippen molar-refractivity contribution in [3.05, 3.63) is 94.5 Å². The summed E-state index contributed by atoms with van der Waals surface area (Å²) >= 11 is 0. The van der Waals surface area contributed by atoms with Gasteiger partial charge in [0.05, 0.1) is 19.3 Å². The monoisotopic (exact) mass is 469 g/mol. The molecule has 0 unspecified atom stereocenters. The molecule has 6 nitrogen and oxygen atoms in total. The molecule has 1 amide bonds. The third kappa shape index (κ3) is 4.74. The van der Waals surface area contributed by atoms with Crippen LogP contribution in [0.25, 0.3) is 16.8 Å². The number of methoxy groups -OCH3 is 1. The van der Waals surface area contributed by atoms with E-state index < -0.39 is 0 Å². The lowest BCUT2D eigenvalue weighted by atomic mass is 10.1. The number of hydrogen-bond acceptors (Lipinski definition) is 3. The molecule has 1 aliphatic rings. The quantitative estimate of drug-likeness (QED) is 0.391. The Morgan fingerprint density at radius 3 is 2.40 bits per heavy atom. The van der Waals surface area contributed by atoms with Crippen molar-refractivity contribution >= 4 is 11.4 Å². The predicted molar refractivity (Wildman–Crippen MR) is 138 cm³/mol. The van der Waals surface area contributed by atoms with E-state index in [1.165, 1.54) is 12.8 Å². The molecule has 5 rings (SSSR count). The normalized spacial score (nSPS) is 14.5. The van der Waals surface area contributed by atoms with Gasteiger partial charge in [-0.3, -0.25) is 14.2 Å². The molecule has 180 valence electrons. The molecule has 0 spiro atoms. The Morgan fingerprint density at radius 2 is 1.66 bits per heavy atom. The minimum atomic E-state index is -0.210. The van der Waals surface area contributed by atoms with Crippen LogP contribution in [0.3, 0.4) is 0 Å². The van der Waals surface area contributed by atoms with Crippen molar-refractivity contribution in [2.24, 2.45) is 0 Å². The number of hydrogen-bond donors (Lipinski definition) is 1. The minimum absolute atomic E-state index is 0.133. The first-order valence-electron chi connectivity index (χ1n) is 12.4. The fourth-order valence-corrected chi connectivity index (χ4v) is 5.07. The number of nitrogens with zero attached hydrogens (tertiary/aromatic N) is 2. The topological polar surface area (TPSA) is 64.7 Å². The van der Waals surface area contributed by atoms with Crippen LogP contribution < -0.4 is 15.6 Å². The van der Waals surface area contributed by atoms with Gasteiger partial charge >= 0.3 is 0 Å². The number of amides is 1. The SMILES string of the molecule is COc1ccccc1Cn1c(C(=O)NC2CCCCCC2)cn2c(-c3ccccc3)ccc2c1=O. The van der Waals surface area contributed by atoms with E-state index in [0.717, 1.165) is 42.5 Å². The first-order valence-corrected chi connectivity index (χ1v) is 12.4. The number of carbonyl (C=O) groups excluding carboxylic acids is 1. The molecule has 4 aromatic rings. The van der Waals surface area contributed by atoms with Crippen LogP contribution >= 0.6 is 0 Å². The highest BCUT2D eigenvalue weighted by molar-refractivity contribution is 5.93. The Balaban J connectivity index is 1.62. The van der Waals surface area contributed by atoms with E-state index in [1.54, 1.807) is 17.9 Å². The third-order valence-corrected chi connectivity index (χ3v) is 6.94. The molecule has 1 saturated carbocycles. The molecule has 35 heavy (non-hydrogen) atoms. The van der Waals surface area contributed by atoms with Gasteiger partial charge in [0.2, 0.25) is 0 Å². The lowest BCUT2D eigenvalue weighted by molar-refractivity contribution is 0.0922. The van der Waals surface area contributed by atoms with Crippen molar-refractivity contribution < 1.29 is 9.53 Å². The van der Waals surface area contributed by atoms with Crippen molar-refractivity contribution in [2.45, 2.75) is 51.1 Å². The highest BCUT2D eigenvalue weighted by atomic mass is 16.5. The maximum atomic E-state index is 13.8. The second kappa shape index (κ2) is 10.2. The van der Waals surface area contributed by atoms with Gasteiger partial charge in [0, 0.05) is 17.8 Å². The van der Waals surface area contributed by atoms with Crippen molar-refractivity contribution in [1.29, 1.82) is 0 Å². The predicted octanol–water partition coefficient (Wildman–Crippen LogP) is 5.28. The average molecular weight is 470 g/mol. The zero-order chi connectivity index (χ0) is 24.2. The van der Waals surface area contributed by atoms with Gasteiger partial charge in [-0.25, -0.2) is 0 Å². The maximum absolute atomic E-state index is 13.8. The zero-order valence-electron chi connectivity index (χ0n) is 20.1. The first kappa shape index (κ1) is 23.0. The lowest BCUT2D eigenvalue weighted by Crippen LogP contribution is -2.39. The molecule has 1 aliphatic carbocycles. The van der Waals surface area contributed by atoms with Gasteiger partial charge in [0.1, 0.15) is 17.0 Å². The summed E-state index contributed by atoms with van der Waals surface area (Å²) in [5, 5.41) is 3.23. The van der Waals surface area contributed by atoms with E-state index in [0.29, 0.717) is 17.0 Å². The van der Waals surface area contributed by atoms with Crippen molar-refractivity contribution in [1.82, 2.24) is 14.3 Å². The van der Waals surface area contributed by atoms with Gasteiger partial charge in [-0.2, -0.15) is 0 Å². The Kier molecular flexibility index (Phi) is 6.70. The van der Waals surface area contributed by atoms with Crippen molar-refractivity contribution in [3.63, 3.8) is 0 Å². The molecule has 1 N–H and O–H groups in total. The second-order valence-corrected chi connectivity index (χ2v) is 9.22. The molecular weight excluding hydrogens is 438 g/mol. The Bertz CT molecular complexity index is 1380. The fourth-order valence-electron chi connectivity index (χ4n) is 5.07. The molecule has 0 radical (unpaired) electrons. The van der Waals surface area contributed by atoms with E-state index in [-0.39, 0.29) is 24.1 Å². The molecule has 2 aromatic carbocycles. The summed E-state index contributed by atoms with van der Waals surface area (Å²) < 4.78 is 8.94. The van der Waals surface area contributed by atoms with E-state index in [4.69, 9.17) is 4.74 Å². The molecule has 0 saturated heterocycles. The molecular formula is C29H31N3O3. The molecule has 2 aromatic heterocycles. The van der Waals surface area contributed by atoms with E-state index in [9.17, 15) is 9.59 Å². The molecule has 6 heteroatoms. The second-order valence-electron chi connectivity index (χ2n) is 9.22. The lowest BCUT2D eigenvalue weighted by Gasteiger charge is -2.20. The molecule has 0 aliphatic heterocycles.